The number of nitrogens with one attached hydrogen (secondary N) is 3. The number of nitrogens with two attached hydrogens (primary N) is 1. The van der Waals surface area contributed by atoms with E-state index in [1.165, 1.54) is 5.56 Å². The number of thioether (sulfide) groups is 1. The summed E-state index contributed by atoms with van der Waals surface area (Å²) in [5.74, 6) is 12.0. The van der Waals surface area contributed by atoms with E-state index in [-0.39, 0.29) is 44.0 Å². The second-order valence-electron chi connectivity index (χ2n) is 16.4. The standard InChI is InChI=1S/C49H56N10O6S/c1-5-30-66-48-54-45(53-23-22-50)44-46(55-48)59(57-56-44)32-37-10-8-35(9-11-37)13-18-41(60)51-24-28-63-29-25-52-42(61)19-14-36-12-17-39-40(31-36)65-49(64-39)20-26-58(27-21-49)47(62)43(33(2)3)38-15-6-34(4)7-16-38/h6-12,15-17,31,33,43H,5,20-30,32,50H2,1-4H3,(H,51,60)(H,52,61)(H,53,54,55)/t43-/m0/s1. The van der Waals surface area contributed by atoms with Gasteiger partial charge in [0.25, 0.3) is 17.6 Å². The average Bonchev–Trinajstić information content (AvgIpc) is 3.89. The highest BCUT2D eigenvalue weighted by atomic mass is 32.2. The molecule has 0 unspecified atom stereocenters. The van der Waals surface area contributed by atoms with Crippen LogP contribution in [0.15, 0.2) is 71.9 Å². The number of fused-ring (bicyclic) bond motifs is 2. The maximum absolute atomic E-state index is 13.7. The zero-order chi connectivity index (χ0) is 46.5. The summed E-state index contributed by atoms with van der Waals surface area (Å²) in [5, 5.41) is 18.0. The van der Waals surface area contributed by atoms with Crippen LogP contribution in [0.2, 0.25) is 0 Å². The van der Waals surface area contributed by atoms with Gasteiger partial charge in [0.2, 0.25) is 5.91 Å². The first-order valence-electron chi connectivity index (χ1n) is 22.3. The van der Waals surface area contributed by atoms with Gasteiger partial charge in [-0.05, 0) is 60.7 Å². The predicted molar refractivity (Wildman–Crippen MR) is 253 cm³/mol. The van der Waals surface area contributed by atoms with Gasteiger partial charge < -0.3 is 40.8 Å². The number of carbonyl (C=O) groups is 3. The van der Waals surface area contributed by atoms with Crippen molar-refractivity contribution in [2.45, 2.75) is 70.4 Å². The Morgan fingerprint density at radius 1 is 0.879 bits per heavy atom. The third-order valence-electron chi connectivity index (χ3n) is 10.9. The molecule has 5 N–H and O–H groups in total. The Morgan fingerprint density at radius 3 is 2.21 bits per heavy atom. The molecule has 5 aromatic rings. The number of carbonyl (C=O) groups excluding carboxylic acids is 3. The second-order valence-corrected chi connectivity index (χ2v) is 17.5. The lowest BCUT2D eigenvalue weighted by molar-refractivity contribution is -0.148. The minimum absolute atomic E-state index is 0.127. The van der Waals surface area contributed by atoms with Crippen molar-refractivity contribution < 1.29 is 28.6 Å². The summed E-state index contributed by atoms with van der Waals surface area (Å²) in [5.41, 5.74) is 11.4. The fourth-order valence-corrected chi connectivity index (χ4v) is 8.22. The van der Waals surface area contributed by atoms with Crippen molar-refractivity contribution in [2.24, 2.45) is 11.7 Å². The van der Waals surface area contributed by atoms with E-state index in [4.69, 9.17) is 24.9 Å². The van der Waals surface area contributed by atoms with Gasteiger partial charge in [-0.3, -0.25) is 14.4 Å². The van der Waals surface area contributed by atoms with Gasteiger partial charge in [0.15, 0.2) is 33.6 Å². The van der Waals surface area contributed by atoms with Crippen LogP contribution in [0.25, 0.3) is 11.2 Å². The minimum atomic E-state index is -0.842. The maximum Gasteiger partial charge on any atom is 0.296 e. The summed E-state index contributed by atoms with van der Waals surface area (Å²) in [7, 11) is 0. The van der Waals surface area contributed by atoms with Gasteiger partial charge in [-0.15, -0.1) is 5.10 Å². The Balaban J connectivity index is 0.787. The molecule has 0 radical (unpaired) electrons. The molecule has 66 heavy (non-hydrogen) atoms. The molecule has 0 aliphatic carbocycles. The van der Waals surface area contributed by atoms with Crippen molar-refractivity contribution >= 4 is 46.5 Å². The van der Waals surface area contributed by atoms with Gasteiger partial charge >= 0.3 is 0 Å². The van der Waals surface area contributed by atoms with Crippen molar-refractivity contribution in [3.05, 3.63) is 94.5 Å². The molecule has 3 amide bonds. The molecule has 4 heterocycles. The van der Waals surface area contributed by atoms with Gasteiger partial charge in [-0.1, -0.05) is 91.5 Å². The van der Waals surface area contributed by atoms with E-state index >= 15 is 0 Å². The van der Waals surface area contributed by atoms with E-state index in [2.05, 4.69) is 100.0 Å². The molecule has 7 rings (SSSR count). The van der Waals surface area contributed by atoms with Crippen LogP contribution >= 0.6 is 11.8 Å². The third kappa shape index (κ3) is 12.4. The van der Waals surface area contributed by atoms with Gasteiger partial charge in [0.05, 0.1) is 25.7 Å². The zero-order valence-electron chi connectivity index (χ0n) is 37.8. The lowest BCUT2D eigenvalue weighted by Crippen LogP contribution is -2.52. The monoisotopic (exact) mass is 912 g/mol. The number of hydrogen-bond donors (Lipinski definition) is 4. The van der Waals surface area contributed by atoms with Crippen LogP contribution in [0.1, 0.15) is 73.8 Å². The Kier molecular flexibility index (Phi) is 16.1. The quantitative estimate of drug-likeness (QED) is 0.0436. The number of aryl methyl sites for hydroxylation is 1. The number of aromatic nitrogens is 5. The first-order chi connectivity index (χ1) is 32.0. The minimum Gasteiger partial charge on any atom is -0.448 e. The van der Waals surface area contributed by atoms with Crippen molar-refractivity contribution in [3.63, 3.8) is 0 Å². The normalized spacial score (nSPS) is 14.0. The Hall–Kier alpha value is -6.66. The molecule has 0 bridgehead atoms. The van der Waals surface area contributed by atoms with Crippen molar-refractivity contribution in [1.29, 1.82) is 0 Å². The molecule has 1 fully saturated rings. The Labute approximate surface area is 389 Å². The number of piperidine rings is 1. The third-order valence-corrected chi connectivity index (χ3v) is 12.0. The molecular weight excluding hydrogens is 857 g/mol. The number of nitrogens with zero attached hydrogens (tertiary/aromatic N) is 6. The number of anilines is 1. The molecule has 1 atom stereocenters. The number of ether oxygens (including phenoxy) is 3. The van der Waals surface area contributed by atoms with Crippen LogP contribution in [0, 0.1) is 36.5 Å². The number of amides is 3. The van der Waals surface area contributed by atoms with Crippen molar-refractivity contribution in [3.8, 4) is 35.2 Å². The molecule has 2 aliphatic rings. The molecule has 2 aliphatic heterocycles. The lowest BCUT2D eigenvalue weighted by atomic mass is 9.86. The first kappa shape index (κ1) is 47.3. The Bertz CT molecular complexity index is 2620. The summed E-state index contributed by atoms with van der Waals surface area (Å²) in [6.07, 6.45) is 2.07. The lowest BCUT2D eigenvalue weighted by Gasteiger charge is -2.39. The molecular formula is C49H56N10O6S. The number of hydrogen-bond acceptors (Lipinski definition) is 13. The predicted octanol–water partition coefficient (Wildman–Crippen LogP) is 4.63. The number of rotatable bonds is 17. The van der Waals surface area contributed by atoms with Crippen molar-refractivity contribution in [1.82, 2.24) is 40.5 Å². The fourth-order valence-electron chi connectivity index (χ4n) is 7.53. The van der Waals surface area contributed by atoms with Crippen LogP contribution in [0.3, 0.4) is 0 Å². The maximum atomic E-state index is 13.7. The van der Waals surface area contributed by atoms with E-state index < -0.39 is 17.6 Å². The topological polar surface area (TPSA) is 201 Å². The molecule has 0 saturated carbocycles. The summed E-state index contributed by atoms with van der Waals surface area (Å²) >= 11 is 1.58. The SMILES string of the molecule is CCCSc1nc(NCCN)c2nnn(Cc3ccc(C#CC(=O)NCCOCCNC(=O)C#Cc4ccc5c(c4)OC4(CCN(C(=O)[C@H](c6ccc(C)cc6)C(C)C)CC4)O5)cc3)c2n1. The van der Waals surface area contributed by atoms with Crippen LogP contribution in [-0.2, 0) is 25.7 Å². The smallest absolute Gasteiger partial charge is 0.296 e. The molecule has 344 valence electrons. The van der Waals surface area contributed by atoms with Gasteiger partial charge in [-0.2, -0.15) is 0 Å². The van der Waals surface area contributed by atoms with Crippen LogP contribution < -0.4 is 31.2 Å². The fraction of sp³-hybridized carbons (Fsp3) is 0.408. The first-order valence-corrected chi connectivity index (χ1v) is 23.3. The van der Waals surface area contributed by atoms with E-state index in [1.54, 1.807) is 34.6 Å². The molecule has 17 heteroatoms. The van der Waals surface area contributed by atoms with E-state index in [9.17, 15) is 14.4 Å². The average molecular weight is 913 g/mol. The highest BCUT2D eigenvalue weighted by molar-refractivity contribution is 7.99. The summed E-state index contributed by atoms with van der Waals surface area (Å²) in [6.45, 7) is 11.8. The number of benzene rings is 3. The Morgan fingerprint density at radius 2 is 1.55 bits per heavy atom. The van der Waals surface area contributed by atoms with Crippen LogP contribution in [-0.4, -0.2) is 112 Å². The van der Waals surface area contributed by atoms with E-state index in [1.807, 2.05) is 36.1 Å². The summed E-state index contributed by atoms with van der Waals surface area (Å²) in [6, 6.07) is 21.1. The van der Waals surface area contributed by atoms with E-state index in [0.29, 0.717) is 90.3 Å². The largest absolute Gasteiger partial charge is 0.448 e. The van der Waals surface area contributed by atoms with Gasteiger partial charge in [-0.25, -0.2) is 14.6 Å². The van der Waals surface area contributed by atoms with Crippen molar-refractivity contribution in [2.75, 3.05) is 63.6 Å². The van der Waals surface area contributed by atoms with Gasteiger partial charge in [0.1, 0.15) is 0 Å². The second kappa shape index (κ2) is 22.5. The molecule has 1 spiro atoms. The van der Waals surface area contributed by atoms with E-state index in [0.717, 1.165) is 23.3 Å². The molecule has 16 nitrogen and oxygen atoms in total. The molecule has 3 aromatic carbocycles. The summed E-state index contributed by atoms with van der Waals surface area (Å²) in [4.78, 5) is 49.7. The summed E-state index contributed by atoms with van der Waals surface area (Å²) < 4.78 is 19.9. The highest BCUT2D eigenvalue weighted by Gasteiger charge is 2.46. The highest BCUT2D eigenvalue weighted by Crippen LogP contribution is 2.44. The molecule has 1 saturated heterocycles. The van der Waals surface area contributed by atoms with Gasteiger partial charge in [0, 0.05) is 80.8 Å². The number of likely N-dealkylation sites (tertiary alicyclic amines) is 1. The van der Waals surface area contributed by atoms with Crippen LogP contribution in [0.4, 0.5) is 5.82 Å². The molecule has 2 aromatic heterocycles. The van der Waals surface area contributed by atoms with Crippen LogP contribution in [0.5, 0.6) is 11.5 Å². The zero-order valence-corrected chi connectivity index (χ0v) is 38.6.